The van der Waals surface area contributed by atoms with Crippen LogP contribution in [0, 0.1) is 11.3 Å². The van der Waals surface area contributed by atoms with E-state index in [0.717, 1.165) is 16.9 Å². The van der Waals surface area contributed by atoms with E-state index in [9.17, 15) is 4.79 Å². The van der Waals surface area contributed by atoms with Crippen molar-refractivity contribution in [1.29, 1.82) is 5.26 Å². The molecule has 4 nitrogen and oxygen atoms in total. The second-order valence-corrected chi connectivity index (χ2v) is 6.14. The van der Waals surface area contributed by atoms with Crippen molar-refractivity contribution >= 4 is 17.2 Å². The van der Waals surface area contributed by atoms with Gasteiger partial charge in [-0.2, -0.15) is 5.26 Å². The summed E-state index contributed by atoms with van der Waals surface area (Å²) in [7, 11) is 0. The second-order valence-electron chi connectivity index (χ2n) is 4.98. The number of hydrogen-bond donors (Lipinski definition) is 1. The summed E-state index contributed by atoms with van der Waals surface area (Å²) in [6.45, 7) is 0.557. The lowest BCUT2D eigenvalue weighted by molar-refractivity contribution is 0.0954. The smallest absolute Gasteiger partial charge is 0.251 e. The molecule has 3 aromatic rings. The zero-order chi connectivity index (χ0) is 16.1. The number of nitrogens with one attached hydrogen (secondary N) is 1. The number of rotatable bonds is 5. The van der Waals surface area contributed by atoms with Gasteiger partial charge in [-0.05, 0) is 42.8 Å². The number of carbonyl (C=O) groups excluding carboxylic acids is 1. The van der Waals surface area contributed by atoms with Crippen molar-refractivity contribution in [2.45, 2.75) is 6.42 Å². The Labute approximate surface area is 138 Å². The van der Waals surface area contributed by atoms with Gasteiger partial charge in [0.15, 0.2) is 0 Å². The molecule has 1 N–H and O–H groups in total. The number of benzene rings is 1. The van der Waals surface area contributed by atoms with Gasteiger partial charge < -0.3 is 9.73 Å². The van der Waals surface area contributed by atoms with Gasteiger partial charge in [0.2, 0.25) is 0 Å². The predicted molar refractivity (Wildman–Crippen MR) is 89.2 cm³/mol. The summed E-state index contributed by atoms with van der Waals surface area (Å²) in [5.41, 5.74) is 2.06. The maximum atomic E-state index is 12.1. The van der Waals surface area contributed by atoms with Crippen molar-refractivity contribution in [3.8, 4) is 16.5 Å². The van der Waals surface area contributed by atoms with Crippen LogP contribution in [0.15, 0.2) is 59.4 Å². The topological polar surface area (TPSA) is 66.0 Å². The van der Waals surface area contributed by atoms with E-state index in [4.69, 9.17) is 9.68 Å². The fourth-order valence-corrected chi connectivity index (χ4v) is 3.20. The van der Waals surface area contributed by atoms with Gasteiger partial charge in [-0.25, -0.2) is 0 Å². The van der Waals surface area contributed by atoms with Crippen LogP contribution in [0.4, 0.5) is 0 Å². The third kappa shape index (κ3) is 3.68. The summed E-state index contributed by atoms with van der Waals surface area (Å²) in [6.07, 6.45) is 4.15. The number of nitriles is 1. The number of hydrogen-bond acceptors (Lipinski definition) is 4. The van der Waals surface area contributed by atoms with Crippen LogP contribution in [0.5, 0.6) is 0 Å². The quantitative estimate of drug-likeness (QED) is 0.776. The highest BCUT2D eigenvalue weighted by Crippen LogP contribution is 2.28. The zero-order valence-electron chi connectivity index (χ0n) is 12.3. The number of nitrogens with zero attached hydrogens (tertiary/aromatic N) is 1. The minimum atomic E-state index is -0.159. The fraction of sp³-hybridized carbons (Fsp3) is 0.111. The molecule has 0 fully saturated rings. The second kappa shape index (κ2) is 6.95. The van der Waals surface area contributed by atoms with E-state index in [-0.39, 0.29) is 5.91 Å². The molecule has 1 aromatic carbocycles. The molecule has 0 spiro atoms. The highest BCUT2D eigenvalue weighted by molar-refractivity contribution is 7.15. The molecule has 1 amide bonds. The number of thiophene rings is 1. The molecule has 0 radical (unpaired) electrons. The van der Waals surface area contributed by atoms with E-state index >= 15 is 0 Å². The molecule has 3 rings (SSSR count). The Morgan fingerprint density at radius 2 is 2.17 bits per heavy atom. The summed E-state index contributed by atoms with van der Waals surface area (Å²) in [5.74, 6) is -0.159. The summed E-state index contributed by atoms with van der Waals surface area (Å²) < 4.78 is 5.09. The first-order chi connectivity index (χ1) is 11.3. The first-order valence-electron chi connectivity index (χ1n) is 7.16. The first kappa shape index (κ1) is 15.1. The number of carbonyl (C=O) groups is 1. The van der Waals surface area contributed by atoms with Crippen molar-refractivity contribution in [2.75, 3.05) is 6.54 Å². The minimum absolute atomic E-state index is 0.159. The Balaban J connectivity index is 1.55. The van der Waals surface area contributed by atoms with Gasteiger partial charge in [-0.1, -0.05) is 6.07 Å². The molecule has 0 atom stereocenters. The number of furan rings is 1. The molecule has 5 heteroatoms. The van der Waals surface area contributed by atoms with Crippen LogP contribution in [-0.2, 0) is 6.42 Å². The molecule has 2 aromatic heterocycles. The normalized spacial score (nSPS) is 10.2. The molecule has 0 aliphatic heterocycles. The molecular formula is C18H14N2O2S. The summed E-state index contributed by atoms with van der Waals surface area (Å²) in [4.78, 5) is 14.4. The predicted octanol–water partition coefficient (Wildman–Crippen LogP) is 3.85. The molecule has 2 heterocycles. The molecule has 23 heavy (non-hydrogen) atoms. The van der Waals surface area contributed by atoms with Crippen molar-refractivity contribution < 1.29 is 9.21 Å². The molecule has 0 unspecified atom stereocenters. The van der Waals surface area contributed by atoms with Gasteiger partial charge in [-0.15, -0.1) is 11.3 Å². The third-order valence-electron chi connectivity index (χ3n) is 3.38. The van der Waals surface area contributed by atoms with Crippen LogP contribution < -0.4 is 5.32 Å². The van der Waals surface area contributed by atoms with Crippen LogP contribution in [-0.4, -0.2) is 12.5 Å². The van der Waals surface area contributed by atoms with E-state index in [2.05, 4.69) is 17.4 Å². The molecule has 0 saturated carbocycles. The monoisotopic (exact) mass is 322 g/mol. The molecule has 0 aliphatic rings. The summed E-state index contributed by atoms with van der Waals surface area (Å²) in [5, 5.41) is 11.7. The fourth-order valence-electron chi connectivity index (χ4n) is 2.20. The maximum Gasteiger partial charge on any atom is 0.251 e. The molecule has 0 saturated heterocycles. The van der Waals surface area contributed by atoms with E-state index < -0.39 is 0 Å². The van der Waals surface area contributed by atoms with E-state index in [1.807, 2.05) is 12.1 Å². The highest BCUT2D eigenvalue weighted by Gasteiger charge is 2.07. The Bertz CT molecular complexity index is 844. The Morgan fingerprint density at radius 1 is 1.26 bits per heavy atom. The lowest BCUT2D eigenvalue weighted by atomic mass is 10.1. The molecular weight excluding hydrogens is 308 g/mol. The van der Waals surface area contributed by atoms with Gasteiger partial charge in [-0.3, -0.25) is 4.79 Å². The van der Waals surface area contributed by atoms with Gasteiger partial charge >= 0.3 is 0 Å². The van der Waals surface area contributed by atoms with Gasteiger partial charge in [0.1, 0.15) is 0 Å². The molecule has 0 bridgehead atoms. The van der Waals surface area contributed by atoms with E-state index in [1.54, 1.807) is 48.1 Å². The Morgan fingerprint density at radius 3 is 2.96 bits per heavy atom. The molecule has 114 valence electrons. The van der Waals surface area contributed by atoms with Crippen molar-refractivity contribution in [2.24, 2.45) is 0 Å². The Hall–Kier alpha value is -2.84. The standard InChI is InChI=1S/C18H14N2O2S/c19-11-13-2-1-3-14(10-13)18(21)20-8-6-16-4-5-17(23-16)15-7-9-22-12-15/h1-5,7,9-10,12H,6,8H2,(H,20,21). The largest absolute Gasteiger partial charge is 0.472 e. The van der Waals surface area contributed by atoms with Crippen molar-refractivity contribution in [3.05, 3.63) is 71.0 Å². The van der Waals surface area contributed by atoms with Crippen molar-refractivity contribution in [3.63, 3.8) is 0 Å². The Kier molecular flexibility index (Phi) is 4.55. The van der Waals surface area contributed by atoms with Gasteiger partial charge in [0.05, 0.1) is 24.2 Å². The van der Waals surface area contributed by atoms with Crippen LogP contribution in [0.3, 0.4) is 0 Å². The first-order valence-corrected chi connectivity index (χ1v) is 7.97. The van der Waals surface area contributed by atoms with Crippen LogP contribution >= 0.6 is 11.3 Å². The van der Waals surface area contributed by atoms with E-state index in [1.165, 1.54) is 4.88 Å². The molecule has 0 aliphatic carbocycles. The SMILES string of the molecule is N#Cc1cccc(C(=O)NCCc2ccc(-c3ccoc3)s2)c1. The van der Waals surface area contributed by atoms with Crippen LogP contribution in [0.25, 0.3) is 10.4 Å². The average molecular weight is 322 g/mol. The lowest BCUT2D eigenvalue weighted by Gasteiger charge is -2.04. The highest BCUT2D eigenvalue weighted by atomic mass is 32.1. The third-order valence-corrected chi connectivity index (χ3v) is 4.57. The maximum absolute atomic E-state index is 12.1. The van der Waals surface area contributed by atoms with E-state index in [0.29, 0.717) is 17.7 Å². The van der Waals surface area contributed by atoms with Crippen molar-refractivity contribution in [1.82, 2.24) is 5.32 Å². The zero-order valence-corrected chi connectivity index (χ0v) is 13.1. The minimum Gasteiger partial charge on any atom is -0.472 e. The average Bonchev–Trinajstić information content (AvgIpc) is 3.26. The van der Waals surface area contributed by atoms with Crippen LogP contribution in [0.1, 0.15) is 20.8 Å². The van der Waals surface area contributed by atoms with Crippen LogP contribution in [0.2, 0.25) is 0 Å². The lowest BCUT2D eigenvalue weighted by Crippen LogP contribution is -2.25. The summed E-state index contributed by atoms with van der Waals surface area (Å²) >= 11 is 1.69. The van der Waals surface area contributed by atoms with Gasteiger partial charge in [0.25, 0.3) is 5.91 Å². The summed E-state index contributed by atoms with van der Waals surface area (Å²) in [6, 6.07) is 14.8. The van der Waals surface area contributed by atoms with Gasteiger partial charge in [0, 0.05) is 27.4 Å². The number of amides is 1.